The van der Waals surface area contributed by atoms with Gasteiger partial charge in [-0.2, -0.15) is 0 Å². The Bertz CT molecular complexity index is 757. The third-order valence-electron chi connectivity index (χ3n) is 3.85. The van der Waals surface area contributed by atoms with E-state index in [-0.39, 0.29) is 6.04 Å². The molecule has 0 saturated heterocycles. The highest BCUT2D eigenvalue weighted by Crippen LogP contribution is 2.26. The van der Waals surface area contributed by atoms with Crippen LogP contribution in [0.1, 0.15) is 28.3 Å². The Morgan fingerprint density at radius 3 is 2.10 bits per heavy atom. The molecule has 0 fully saturated rings. The van der Waals surface area contributed by atoms with E-state index in [0.29, 0.717) is 0 Å². The first-order chi connectivity index (χ1) is 10.2. The van der Waals surface area contributed by atoms with Crippen LogP contribution in [0.25, 0.3) is 10.8 Å². The molecule has 0 spiro atoms. The molecule has 0 aliphatic rings. The third kappa shape index (κ3) is 2.82. The van der Waals surface area contributed by atoms with Gasteiger partial charge in [0.25, 0.3) is 0 Å². The first-order valence-corrected chi connectivity index (χ1v) is 7.20. The Labute approximate surface area is 125 Å². The normalized spacial score (nSPS) is 12.5. The monoisotopic (exact) mass is 276 g/mol. The van der Waals surface area contributed by atoms with Crippen molar-refractivity contribution in [2.24, 2.45) is 5.84 Å². The molecule has 2 nitrogen and oxygen atoms in total. The van der Waals surface area contributed by atoms with Crippen LogP contribution in [0.3, 0.4) is 0 Å². The average molecular weight is 276 g/mol. The van der Waals surface area contributed by atoms with Gasteiger partial charge in [0.2, 0.25) is 0 Å². The molecule has 3 aromatic carbocycles. The smallest absolute Gasteiger partial charge is 0.0710 e. The molecule has 3 N–H and O–H groups in total. The van der Waals surface area contributed by atoms with Crippen molar-refractivity contribution < 1.29 is 0 Å². The van der Waals surface area contributed by atoms with Gasteiger partial charge in [-0.05, 0) is 41.8 Å². The summed E-state index contributed by atoms with van der Waals surface area (Å²) in [5.74, 6) is 5.83. The highest BCUT2D eigenvalue weighted by atomic mass is 15.2. The second-order valence-electron chi connectivity index (χ2n) is 5.63. The van der Waals surface area contributed by atoms with Crippen molar-refractivity contribution >= 4 is 10.8 Å². The van der Waals surface area contributed by atoms with E-state index < -0.39 is 0 Å². The first kappa shape index (κ1) is 13.8. The maximum absolute atomic E-state index is 5.83. The first-order valence-electron chi connectivity index (χ1n) is 7.20. The number of aryl methyl sites for hydroxylation is 2. The van der Waals surface area contributed by atoms with E-state index in [1.807, 2.05) is 0 Å². The summed E-state index contributed by atoms with van der Waals surface area (Å²) in [7, 11) is 0. The maximum atomic E-state index is 5.83. The summed E-state index contributed by atoms with van der Waals surface area (Å²) >= 11 is 0. The lowest BCUT2D eigenvalue weighted by molar-refractivity contribution is 0.637. The Balaban J connectivity index is 2.08. The number of nitrogens with one attached hydrogen (secondary N) is 1. The Morgan fingerprint density at radius 2 is 1.43 bits per heavy atom. The zero-order valence-electron chi connectivity index (χ0n) is 12.4. The Hall–Kier alpha value is -2.16. The van der Waals surface area contributed by atoms with Crippen molar-refractivity contribution in [3.63, 3.8) is 0 Å². The van der Waals surface area contributed by atoms with E-state index in [9.17, 15) is 0 Å². The summed E-state index contributed by atoms with van der Waals surface area (Å²) in [6.07, 6.45) is 0. The largest absolute Gasteiger partial charge is 0.271 e. The van der Waals surface area contributed by atoms with Crippen molar-refractivity contribution in [3.05, 3.63) is 82.9 Å². The second kappa shape index (κ2) is 5.68. The molecular weight excluding hydrogens is 256 g/mol. The van der Waals surface area contributed by atoms with Crippen LogP contribution in [0.4, 0.5) is 0 Å². The van der Waals surface area contributed by atoms with Gasteiger partial charge in [-0.15, -0.1) is 0 Å². The van der Waals surface area contributed by atoms with E-state index in [1.54, 1.807) is 0 Å². The van der Waals surface area contributed by atoms with Gasteiger partial charge in [0.15, 0.2) is 0 Å². The zero-order chi connectivity index (χ0) is 14.8. The zero-order valence-corrected chi connectivity index (χ0v) is 12.4. The molecule has 0 saturated carbocycles. The number of rotatable bonds is 3. The molecule has 0 bridgehead atoms. The Morgan fingerprint density at radius 1 is 0.762 bits per heavy atom. The van der Waals surface area contributed by atoms with Crippen LogP contribution in [0.15, 0.2) is 60.7 Å². The molecular formula is C19H20N2. The fourth-order valence-electron chi connectivity index (χ4n) is 2.95. The number of hydrogen-bond acceptors (Lipinski definition) is 2. The highest BCUT2D eigenvalue weighted by Gasteiger charge is 2.13. The third-order valence-corrected chi connectivity index (χ3v) is 3.85. The minimum atomic E-state index is 0.00760. The number of hydrogen-bond donors (Lipinski definition) is 2. The summed E-state index contributed by atoms with van der Waals surface area (Å²) in [4.78, 5) is 0. The molecule has 0 heterocycles. The van der Waals surface area contributed by atoms with Crippen molar-refractivity contribution in [3.8, 4) is 0 Å². The van der Waals surface area contributed by atoms with Crippen LogP contribution >= 0.6 is 0 Å². The molecule has 2 heteroatoms. The SMILES string of the molecule is Cc1cc(C)cc(C(NN)c2ccc3ccccc3c2)c1. The summed E-state index contributed by atoms with van der Waals surface area (Å²) in [5.41, 5.74) is 7.85. The highest BCUT2D eigenvalue weighted by molar-refractivity contribution is 5.83. The van der Waals surface area contributed by atoms with Crippen LogP contribution in [0.5, 0.6) is 0 Å². The average Bonchev–Trinajstić information content (AvgIpc) is 2.47. The number of benzene rings is 3. The van der Waals surface area contributed by atoms with Crippen molar-refractivity contribution in [1.29, 1.82) is 0 Å². The lowest BCUT2D eigenvalue weighted by Gasteiger charge is -2.19. The topological polar surface area (TPSA) is 38.0 Å². The molecule has 0 aliphatic heterocycles. The van der Waals surface area contributed by atoms with Gasteiger partial charge in [-0.1, -0.05) is 65.7 Å². The van der Waals surface area contributed by atoms with E-state index in [0.717, 1.165) is 0 Å². The van der Waals surface area contributed by atoms with Gasteiger partial charge in [-0.25, -0.2) is 5.43 Å². The summed E-state index contributed by atoms with van der Waals surface area (Å²) < 4.78 is 0. The van der Waals surface area contributed by atoms with E-state index in [4.69, 9.17) is 5.84 Å². The van der Waals surface area contributed by atoms with Crippen LogP contribution < -0.4 is 11.3 Å². The summed E-state index contributed by atoms with van der Waals surface area (Å²) in [5, 5.41) is 2.48. The van der Waals surface area contributed by atoms with Gasteiger partial charge < -0.3 is 0 Å². The van der Waals surface area contributed by atoms with Crippen molar-refractivity contribution in [2.75, 3.05) is 0 Å². The van der Waals surface area contributed by atoms with Crippen LogP contribution in [0.2, 0.25) is 0 Å². The van der Waals surface area contributed by atoms with E-state index in [2.05, 4.69) is 79.9 Å². The summed E-state index contributed by atoms with van der Waals surface area (Å²) in [6.45, 7) is 4.23. The molecule has 0 amide bonds. The fourth-order valence-corrected chi connectivity index (χ4v) is 2.95. The second-order valence-corrected chi connectivity index (χ2v) is 5.63. The van der Waals surface area contributed by atoms with E-state index in [1.165, 1.54) is 33.0 Å². The van der Waals surface area contributed by atoms with Gasteiger partial charge >= 0.3 is 0 Å². The lowest BCUT2D eigenvalue weighted by Crippen LogP contribution is -2.28. The minimum Gasteiger partial charge on any atom is -0.271 e. The molecule has 0 radical (unpaired) electrons. The lowest BCUT2D eigenvalue weighted by atomic mass is 9.94. The maximum Gasteiger partial charge on any atom is 0.0710 e. The predicted molar refractivity (Wildman–Crippen MR) is 89.0 cm³/mol. The van der Waals surface area contributed by atoms with Gasteiger partial charge in [-0.3, -0.25) is 5.84 Å². The van der Waals surface area contributed by atoms with Crippen LogP contribution in [0, 0.1) is 13.8 Å². The number of fused-ring (bicyclic) bond motifs is 1. The predicted octanol–water partition coefficient (Wildman–Crippen LogP) is 4.01. The fraction of sp³-hybridized carbons (Fsp3) is 0.158. The Kier molecular flexibility index (Phi) is 3.74. The standard InChI is InChI=1S/C19H20N2/c1-13-9-14(2)11-18(10-13)19(21-20)17-8-7-15-5-3-4-6-16(15)12-17/h3-12,19,21H,20H2,1-2H3. The number of hydrazine groups is 1. The van der Waals surface area contributed by atoms with E-state index >= 15 is 0 Å². The molecule has 106 valence electrons. The van der Waals surface area contributed by atoms with Gasteiger partial charge in [0, 0.05) is 0 Å². The molecule has 1 atom stereocenters. The van der Waals surface area contributed by atoms with Crippen molar-refractivity contribution in [1.82, 2.24) is 5.43 Å². The minimum absolute atomic E-state index is 0.00760. The van der Waals surface area contributed by atoms with Gasteiger partial charge in [0.1, 0.15) is 0 Å². The summed E-state index contributed by atoms with van der Waals surface area (Å²) in [6, 6.07) is 21.4. The quantitative estimate of drug-likeness (QED) is 0.560. The molecule has 0 aliphatic carbocycles. The molecule has 21 heavy (non-hydrogen) atoms. The van der Waals surface area contributed by atoms with Crippen LogP contribution in [-0.2, 0) is 0 Å². The molecule has 0 aromatic heterocycles. The molecule has 1 unspecified atom stereocenters. The molecule has 3 aromatic rings. The van der Waals surface area contributed by atoms with Crippen molar-refractivity contribution in [2.45, 2.75) is 19.9 Å². The van der Waals surface area contributed by atoms with Gasteiger partial charge in [0.05, 0.1) is 6.04 Å². The molecule has 3 rings (SSSR count). The van der Waals surface area contributed by atoms with Crippen LogP contribution in [-0.4, -0.2) is 0 Å². The number of nitrogens with two attached hydrogens (primary N) is 1.